The second-order valence-electron chi connectivity index (χ2n) is 5.35. The van der Waals surface area contributed by atoms with Gasteiger partial charge in [0.1, 0.15) is 0 Å². The lowest BCUT2D eigenvalue weighted by Gasteiger charge is -2.18. The van der Waals surface area contributed by atoms with Gasteiger partial charge in [-0.25, -0.2) is 0 Å². The first-order valence-electron chi connectivity index (χ1n) is 6.45. The molecule has 0 bridgehead atoms. The highest BCUT2D eigenvalue weighted by atomic mass is 16.3. The summed E-state index contributed by atoms with van der Waals surface area (Å²) in [7, 11) is 0. The predicted molar refractivity (Wildman–Crippen MR) is 78.5 cm³/mol. The van der Waals surface area contributed by atoms with E-state index in [9.17, 15) is 5.11 Å². The molecule has 96 valence electrons. The molecule has 0 saturated carbocycles. The summed E-state index contributed by atoms with van der Waals surface area (Å²) in [6.07, 6.45) is 2.07. The standard InChI is InChI=1S/C17H17NO/c1-17(2,19)14-7-9-15(10-8-14)18-12-11-13-5-3-4-6-16(13)18/h3-12,19H,1-2H3. The Morgan fingerprint density at radius 3 is 2.26 bits per heavy atom. The van der Waals surface area contributed by atoms with Crippen LogP contribution in [-0.4, -0.2) is 9.67 Å². The average Bonchev–Trinajstić information content (AvgIpc) is 2.82. The number of hydrogen-bond donors (Lipinski definition) is 1. The molecule has 3 aromatic rings. The highest BCUT2D eigenvalue weighted by Crippen LogP contribution is 2.24. The molecular formula is C17H17NO. The molecule has 2 nitrogen and oxygen atoms in total. The van der Waals surface area contributed by atoms with Crippen molar-refractivity contribution in [2.45, 2.75) is 19.4 Å². The van der Waals surface area contributed by atoms with Crippen molar-refractivity contribution in [3.8, 4) is 5.69 Å². The molecule has 3 rings (SSSR count). The van der Waals surface area contributed by atoms with Gasteiger partial charge in [0.2, 0.25) is 0 Å². The van der Waals surface area contributed by atoms with E-state index in [1.807, 2.05) is 36.4 Å². The Labute approximate surface area is 112 Å². The summed E-state index contributed by atoms with van der Waals surface area (Å²) in [4.78, 5) is 0. The molecule has 1 N–H and O–H groups in total. The molecule has 2 aromatic carbocycles. The maximum absolute atomic E-state index is 9.98. The average molecular weight is 251 g/mol. The van der Waals surface area contributed by atoms with Crippen LogP contribution in [0.3, 0.4) is 0 Å². The van der Waals surface area contributed by atoms with E-state index in [1.54, 1.807) is 13.8 Å². The topological polar surface area (TPSA) is 25.2 Å². The van der Waals surface area contributed by atoms with Gasteiger partial charge < -0.3 is 9.67 Å². The molecule has 0 aliphatic carbocycles. The fraction of sp³-hybridized carbons (Fsp3) is 0.176. The molecule has 0 fully saturated rings. The van der Waals surface area contributed by atoms with Crippen LogP contribution in [0.25, 0.3) is 16.6 Å². The van der Waals surface area contributed by atoms with Crippen molar-refractivity contribution in [3.05, 3.63) is 66.4 Å². The number of benzene rings is 2. The number of aliphatic hydroxyl groups is 1. The van der Waals surface area contributed by atoms with Gasteiger partial charge in [-0.15, -0.1) is 0 Å². The molecule has 0 unspecified atom stereocenters. The highest BCUT2D eigenvalue weighted by Gasteiger charge is 2.15. The number of aromatic nitrogens is 1. The molecule has 0 atom stereocenters. The molecule has 0 saturated heterocycles. The van der Waals surface area contributed by atoms with Crippen LogP contribution in [0.1, 0.15) is 19.4 Å². The summed E-state index contributed by atoms with van der Waals surface area (Å²) in [6.45, 7) is 3.60. The van der Waals surface area contributed by atoms with Gasteiger partial charge in [-0.3, -0.25) is 0 Å². The first-order chi connectivity index (χ1) is 9.05. The van der Waals surface area contributed by atoms with Crippen LogP contribution in [0.5, 0.6) is 0 Å². The Bertz CT molecular complexity index is 702. The lowest BCUT2D eigenvalue weighted by atomic mass is 9.98. The minimum absolute atomic E-state index is 0.794. The summed E-state index contributed by atoms with van der Waals surface area (Å²) in [5.41, 5.74) is 2.43. The van der Waals surface area contributed by atoms with Gasteiger partial charge >= 0.3 is 0 Å². The van der Waals surface area contributed by atoms with Crippen molar-refractivity contribution in [3.63, 3.8) is 0 Å². The molecular weight excluding hydrogens is 234 g/mol. The molecule has 0 radical (unpaired) electrons. The lowest BCUT2D eigenvalue weighted by molar-refractivity contribution is 0.0786. The van der Waals surface area contributed by atoms with Crippen molar-refractivity contribution in [2.75, 3.05) is 0 Å². The van der Waals surface area contributed by atoms with Gasteiger partial charge in [-0.2, -0.15) is 0 Å². The van der Waals surface area contributed by atoms with Crippen molar-refractivity contribution < 1.29 is 5.11 Å². The van der Waals surface area contributed by atoms with Gasteiger partial charge in [0, 0.05) is 11.9 Å². The zero-order valence-corrected chi connectivity index (χ0v) is 11.2. The SMILES string of the molecule is CC(C)(O)c1ccc(-n2ccc3ccccc32)cc1. The molecule has 0 spiro atoms. The minimum Gasteiger partial charge on any atom is -0.386 e. The maximum Gasteiger partial charge on any atom is 0.0840 e. The lowest BCUT2D eigenvalue weighted by Crippen LogP contribution is -2.15. The van der Waals surface area contributed by atoms with E-state index >= 15 is 0 Å². The third-order valence-electron chi connectivity index (χ3n) is 3.45. The summed E-state index contributed by atoms with van der Waals surface area (Å²) < 4.78 is 2.16. The normalized spacial score (nSPS) is 11.9. The number of para-hydroxylation sites is 1. The third kappa shape index (κ3) is 2.15. The van der Waals surface area contributed by atoms with E-state index in [0.717, 1.165) is 11.3 Å². The van der Waals surface area contributed by atoms with Crippen LogP contribution >= 0.6 is 0 Å². The summed E-state index contributed by atoms with van der Waals surface area (Å²) >= 11 is 0. The van der Waals surface area contributed by atoms with Crippen LogP contribution in [0.15, 0.2) is 60.8 Å². The van der Waals surface area contributed by atoms with Crippen LogP contribution < -0.4 is 0 Å². The largest absolute Gasteiger partial charge is 0.386 e. The second kappa shape index (κ2) is 4.25. The van der Waals surface area contributed by atoms with Gasteiger partial charge in [0.05, 0.1) is 11.1 Å². The van der Waals surface area contributed by atoms with E-state index < -0.39 is 5.60 Å². The monoisotopic (exact) mass is 251 g/mol. The van der Waals surface area contributed by atoms with Crippen molar-refractivity contribution >= 4 is 10.9 Å². The zero-order chi connectivity index (χ0) is 13.5. The Morgan fingerprint density at radius 1 is 0.895 bits per heavy atom. The first-order valence-corrected chi connectivity index (χ1v) is 6.45. The van der Waals surface area contributed by atoms with Gasteiger partial charge in [0.15, 0.2) is 0 Å². The predicted octanol–water partition coefficient (Wildman–Crippen LogP) is 3.86. The minimum atomic E-state index is -0.794. The van der Waals surface area contributed by atoms with E-state index in [2.05, 4.69) is 29.0 Å². The molecule has 0 aliphatic rings. The number of hydrogen-bond acceptors (Lipinski definition) is 1. The van der Waals surface area contributed by atoms with E-state index in [4.69, 9.17) is 0 Å². The molecule has 0 aliphatic heterocycles. The first kappa shape index (κ1) is 12.0. The van der Waals surface area contributed by atoms with E-state index in [0.29, 0.717) is 0 Å². The molecule has 19 heavy (non-hydrogen) atoms. The quantitative estimate of drug-likeness (QED) is 0.735. The number of rotatable bonds is 2. The number of nitrogens with zero attached hydrogens (tertiary/aromatic N) is 1. The Kier molecular flexibility index (Phi) is 2.68. The summed E-state index contributed by atoms with van der Waals surface area (Å²) in [5.74, 6) is 0. The van der Waals surface area contributed by atoms with Gasteiger partial charge in [0.25, 0.3) is 0 Å². The Balaban J connectivity index is 2.07. The second-order valence-corrected chi connectivity index (χ2v) is 5.35. The smallest absolute Gasteiger partial charge is 0.0840 e. The molecule has 1 heterocycles. The Hall–Kier alpha value is -2.06. The molecule has 1 aromatic heterocycles. The molecule has 2 heteroatoms. The summed E-state index contributed by atoms with van der Waals surface area (Å²) in [5, 5.41) is 11.2. The van der Waals surface area contributed by atoms with Crippen LogP contribution in [0.4, 0.5) is 0 Å². The van der Waals surface area contributed by atoms with Crippen molar-refractivity contribution in [1.29, 1.82) is 0 Å². The fourth-order valence-electron chi connectivity index (χ4n) is 2.34. The van der Waals surface area contributed by atoms with E-state index in [-0.39, 0.29) is 0 Å². The van der Waals surface area contributed by atoms with Crippen molar-refractivity contribution in [2.24, 2.45) is 0 Å². The maximum atomic E-state index is 9.98. The number of fused-ring (bicyclic) bond motifs is 1. The fourth-order valence-corrected chi connectivity index (χ4v) is 2.34. The van der Waals surface area contributed by atoms with Crippen LogP contribution in [0.2, 0.25) is 0 Å². The van der Waals surface area contributed by atoms with Crippen LogP contribution in [-0.2, 0) is 5.60 Å². The molecule has 0 amide bonds. The summed E-state index contributed by atoms with van der Waals surface area (Å²) in [6, 6.07) is 18.5. The third-order valence-corrected chi connectivity index (χ3v) is 3.45. The van der Waals surface area contributed by atoms with E-state index in [1.165, 1.54) is 10.9 Å². The van der Waals surface area contributed by atoms with Gasteiger partial charge in [-0.05, 0) is 49.1 Å². The highest BCUT2D eigenvalue weighted by molar-refractivity contribution is 5.81. The van der Waals surface area contributed by atoms with Crippen LogP contribution in [0, 0.1) is 0 Å². The Morgan fingerprint density at radius 2 is 1.58 bits per heavy atom. The van der Waals surface area contributed by atoms with Gasteiger partial charge in [-0.1, -0.05) is 30.3 Å². The van der Waals surface area contributed by atoms with Crippen molar-refractivity contribution in [1.82, 2.24) is 4.57 Å². The zero-order valence-electron chi connectivity index (χ0n) is 11.2.